The molecule has 0 aromatic heterocycles. The normalized spacial score (nSPS) is 25.4. The van der Waals surface area contributed by atoms with Gasteiger partial charge in [-0.05, 0) is 185 Å². The zero-order chi connectivity index (χ0) is 54.8. The Kier molecular flexibility index (Phi) is 33.0. The second kappa shape index (κ2) is 31.0. The van der Waals surface area contributed by atoms with Gasteiger partial charge in [-0.15, -0.1) is 0 Å². The summed E-state index contributed by atoms with van der Waals surface area (Å²) in [6.07, 6.45) is 19.0. The zero-order valence-electron chi connectivity index (χ0n) is 54.8. The van der Waals surface area contributed by atoms with E-state index >= 15 is 0 Å². The van der Waals surface area contributed by atoms with Gasteiger partial charge in [-0.3, -0.25) is 0 Å². The highest BCUT2D eigenvalue weighted by atomic mass is 14.5. The van der Waals surface area contributed by atoms with Crippen molar-refractivity contribution in [1.29, 1.82) is 0 Å². The Balaban J connectivity index is -0.000000699. The van der Waals surface area contributed by atoms with Crippen LogP contribution < -0.4 is 0 Å². The highest BCUT2D eigenvalue weighted by Crippen LogP contribution is 2.60. The van der Waals surface area contributed by atoms with E-state index in [0.717, 1.165) is 76.4 Å². The van der Waals surface area contributed by atoms with Crippen LogP contribution in [0.15, 0.2) is 0 Å². The lowest BCUT2D eigenvalue weighted by Gasteiger charge is -2.40. The topological polar surface area (TPSA) is 0 Å². The summed E-state index contributed by atoms with van der Waals surface area (Å²) in [7, 11) is 0. The summed E-state index contributed by atoms with van der Waals surface area (Å²) < 4.78 is 0. The van der Waals surface area contributed by atoms with Crippen molar-refractivity contribution in [3.63, 3.8) is 0 Å². The fourth-order valence-corrected chi connectivity index (χ4v) is 8.53. The maximum absolute atomic E-state index is 2.44. The molecule has 6 atom stereocenters. The Hall–Kier alpha value is 0. The maximum atomic E-state index is 2.44. The van der Waals surface area contributed by atoms with Gasteiger partial charge in [0.05, 0.1) is 0 Å². The van der Waals surface area contributed by atoms with Crippen LogP contribution in [0.1, 0.15) is 319 Å². The standard InChI is InChI=1S/5C8H18.2C7H12.2C7H14/c1-7(2,3)8(4,5)6;2*1-6-7(2)8(3,4)5;1-6-8(4,5)7(2)3;1-6(2)8(5)7(3)4;1-7(4-5-7)6-2-3-6;1-5-4-7(5)6-2-3-6;1-6-4-7(2,3)5-6;1-5-4-6(2)7(5)3/h1-6H3;3*7H,6H2,1-5H3;6-8H,1-5H3;6H,2-5H2,1H3;5-7H,2-4H2,1H3;6H,4-5H2,1-3H3;5-7H,4H2,1-3H3/t;;;;;;5-,7?;;/m......0../s1. The van der Waals surface area contributed by atoms with E-state index in [1.54, 1.807) is 19.3 Å². The minimum absolute atomic E-state index is 0.437. The van der Waals surface area contributed by atoms with Crippen LogP contribution in [0.4, 0.5) is 0 Å². The molecule has 0 nitrogen and oxygen atoms in total. The van der Waals surface area contributed by atoms with Crippen LogP contribution in [0.2, 0.25) is 0 Å². The first kappa shape index (κ1) is 72.2. The van der Waals surface area contributed by atoms with E-state index < -0.39 is 0 Å². The predicted molar refractivity (Wildman–Crippen MR) is 319 cm³/mol. The Morgan fingerprint density at radius 1 is 0.485 bits per heavy atom. The second-order valence-corrected chi connectivity index (χ2v) is 32.1. The molecule has 68 heavy (non-hydrogen) atoms. The minimum atomic E-state index is 0.437. The molecular formula is C68H142. The fourth-order valence-electron chi connectivity index (χ4n) is 8.53. The van der Waals surface area contributed by atoms with Crippen LogP contribution in [0.25, 0.3) is 0 Å². The zero-order valence-corrected chi connectivity index (χ0v) is 54.8. The van der Waals surface area contributed by atoms with Gasteiger partial charge >= 0.3 is 0 Å². The average molecular weight is 960 g/mol. The Bertz CT molecular complexity index is 1150. The van der Waals surface area contributed by atoms with Crippen molar-refractivity contribution in [2.45, 2.75) is 319 Å². The molecule has 6 fully saturated rings. The molecule has 0 heterocycles. The van der Waals surface area contributed by atoms with Crippen molar-refractivity contribution >= 4 is 0 Å². The summed E-state index contributed by atoms with van der Waals surface area (Å²) in [5.74, 6) is 13.7. The number of hydrogen-bond donors (Lipinski definition) is 0. The van der Waals surface area contributed by atoms with Gasteiger partial charge in [0.2, 0.25) is 0 Å². The molecule has 0 spiro atoms. The largest absolute Gasteiger partial charge is 0.0651 e. The summed E-state index contributed by atoms with van der Waals surface area (Å²) in [5, 5.41) is 0. The molecule has 0 aliphatic heterocycles. The van der Waals surface area contributed by atoms with Crippen LogP contribution in [-0.2, 0) is 0 Å². The maximum Gasteiger partial charge on any atom is -0.0297 e. The van der Waals surface area contributed by atoms with Crippen molar-refractivity contribution in [1.82, 2.24) is 0 Å². The van der Waals surface area contributed by atoms with Crippen LogP contribution in [0.3, 0.4) is 0 Å². The predicted octanol–water partition coefficient (Wildman–Crippen LogP) is 24.2. The van der Waals surface area contributed by atoms with Crippen LogP contribution in [0.5, 0.6) is 0 Å². The third-order valence-corrected chi connectivity index (χ3v) is 20.4. The summed E-state index contributed by atoms with van der Waals surface area (Å²) in [5.41, 5.74) is 3.99. The highest BCUT2D eigenvalue weighted by molar-refractivity contribution is 5.00. The Labute approximate surface area is 437 Å². The van der Waals surface area contributed by atoms with Crippen molar-refractivity contribution in [3.8, 4) is 0 Å². The van der Waals surface area contributed by atoms with Gasteiger partial charge in [-0.25, -0.2) is 0 Å². The van der Waals surface area contributed by atoms with Crippen LogP contribution >= 0.6 is 0 Å². The molecule has 0 radical (unpaired) electrons. The number of hydrogen-bond acceptors (Lipinski definition) is 0. The molecule has 0 bridgehead atoms. The molecule has 0 aromatic carbocycles. The highest BCUT2D eigenvalue weighted by Gasteiger charge is 2.49. The average Bonchev–Trinajstić information content (AvgIpc) is 3.95. The monoisotopic (exact) mass is 959 g/mol. The first-order valence-electron chi connectivity index (χ1n) is 30.3. The smallest absolute Gasteiger partial charge is 0.0297 e. The lowest BCUT2D eigenvalue weighted by molar-refractivity contribution is 0.111. The van der Waals surface area contributed by atoms with Gasteiger partial charge in [0.1, 0.15) is 0 Å². The third kappa shape index (κ3) is 33.7. The third-order valence-electron chi connectivity index (χ3n) is 20.4. The van der Waals surface area contributed by atoms with Gasteiger partial charge in [-0.1, -0.05) is 255 Å². The molecule has 6 saturated carbocycles. The lowest BCUT2D eigenvalue weighted by atomic mass is 9.65. The molecular weight excluding hydrogens is 817 g/mol. The Morgan fingerprint density at radius 2 is 0.824 bits per heavy atom. The Morgan fingerprint density at radius 3 is 0.853 bits per heavy atom. The van der Waals surface area contributed by atoms with Crippen molar-refractivity contribution < 1.29 is 0 Å². The van der Waals surface area contributed by atoms with Gasteiger partial charge in [0.15, 0.2) is 0 Å². The van der Waals surface area contributed by atoms with E-state index in [-0.39, 0.29) is 0 Å². The summed E-state index contributed by atoms with van der Waals surface area (Å²) in [4.78, 5) is 0. The van der Waals surface area contributed by atoms with Crippen LogP contribution in [0, 0.1) is 121 Å². The fraction of sp³-hybridized carbons (Fsp3) is 1.00. The van der Waals surface area contributed by atoms with Crippen molar-refractivity contribution in [3.05, 3.63) is 0 Å². The van der Waals surface area contributed by atoms with E-state index in [4.69, 9.17) is 0 Å². The summed E-state index contributed by atoms with van der Waals surface area (Å²) in [6.45, 7) is 78.2. The first-order valence-corrected chi connectivity index (χ1v) is 30.3. The molecule has 0 N–H and O–H groups in total. The van der Waals surface area contributed by atoms with Crippen molar-refractivity contribution in [2.24, 2.45) is 121 Å². The lowest BCUT2D eigenvalue weighted by Crippen LogP contribution is -2.29. The minimum Gasteiger partial charge on any atom is -0.0651 e. The van der Waals surface area contributed by atoms with Gasteiger partial charge in [0.25, 0.3) is 0 Å². The molecule has 0 saturated heterocycles. The molecule has 414 valence electrons. The van der Waals surface area contributed by atoms with Gasteiger partial charge in [0, 0.05) is 0 Å². The van der Waals surface area contributed by atoms with E-state index in [0.29, 0.717) is 32.5 Å². The quantitative estimate of drug-likeness (QED) is 0.227. The van der Waals surface area contributed by atoms with E-state index in [2.05, 4.69) is 235 Å². The van der Waals surface area contributed by atoms with Crippen LogP contribution in [-0.4, -0.2) is 0 Å². The molecule has 0 aromatic rings. The molecule has 5 unspecified atom stereocenters. The summed E-state index contributed by atoms with van der Waals surface area (Å²) in [6, 6.07) is 0. The molecule has 6 aliphatic carbocycles. The summed E-state index contributed by atoms with van der Waals surface area (Å²) >= 11 is 0. The van der Waals surface area contributed by atoms with Crippen molar-refractivity contribution in [2.75, 3.05) is 0 Å². The molecule has 6 rings (SSSR count). The van der Waals surface area contributed by atoms with Gasteiger partial charge in [-0.2, -0.15) is 0 Å². The van der Waals surface area contributed by atoms with E-state index in [1.165, 1.54) is 76.0 Å². The molecule has 0 heteroatoms. The SMILES string of the molecule is CC(C)(C)C(C)(C)C.CC(C)C(C)C(C)C.CC1(C2CC2)CC1.CC1CC(C)(C)C1.CC1CC(C)C1C.CCC(C)(C)C(C)C.CCC(C)C(C)(C)C.CCC(C)C(C)(C)C.C[C@H]1CC1C1CC1. The van der Waals surface area contributed by atoms with Gasteiger partial charge < -0.3 is 0 Å². The first-order chi connectivity index (χ1) is 30.3. The van der Waals surface area contributed by atoms with E-state index in [9.17, 15) is 0 Å². The van der Waals surface area contributed by atoms with E-state index in [1.807, 2.05) is 0 Å². The molecule has 0 amide bonds. The number of rotatable bonds is 8. The second-order valence-electron chi connectivity index (χ2n) is 32.1. The molecule has 6 aliphatic rings.